The van der Waals surface area contributed by atoms with Gasteiger partial charge >= 0.3 is 0 Å². The summed E-state index contributed by atoms with van der Waals surface area (Å²) < 4.78 is 1.06. The zero-order valence-electron chi connectivity index (χ0n) is 9.24. The van der Waals surface area contributed by atoms with Crippen LogP contribution in [0.3, 0.4) is 0 Å². The number of fused-ring (bicyclic) bond motifs is 1. The largest absolute Gasteiger partial charge is 0.337 e. The van der Waals surface area contributed by atoms with Crippen LogP contribution < -0.4 is 0 Å². The molecule has 3 rings (SSSR count). The van der Waals surface area contributed by atoms with E-state index in [1.165, 1.54) is 5.56 Å². The van der Waals surface area contributed by atoms with Gasteiger partial charge in [0.15, 0.2) is 0 Å². The van der Waals surface area contributed by atoms with Crippen LogP contribution in [0.25, 0.3) is 22.4 Å². The molecule has 0 aliphatic rings. The van der Waals surface area contributed by atoms with Gasteiger partial charge in [-0.05, 0) is 36.8 Å². The average molecular weight is 288 g/mol. The summed E-state index contributed by atoms with van der Waals surface area (Å²) in [6.07, 6.45) is 3.54. The van der Waals surface area contributed by atoms with Gasteiger partial charge in [-0.2, -0.15) is 0 Å². The summed E-state index contributed by atoms with van der Waals surface area (Å²) in [5, 5.41) is 0. The highest BCUT2D eigenvalue weighted by Gasteiger charge is 2.06. The van der Waals surface area contributed by atoms with Crippen molar-refractivity contribution in [3.8, 4) is 11.4 Å². The number of aromatic amines is 1. The Labute approximate surface area is 107 Å². The molecule has 2 heterocycles. The van der Waals surface area contributed by atoms with E-state index >= 15 is 0 Å². The predicted molar refractivity (Wildman–Crippen MR) is 71.8 cm³/mol. The van der Waals surface area contributed by atoms with Crippen molar-refractivity contribution in [1.82, 2.24) is 15.0 Å². The molecule has 2 aromatic heterocycles. The lowest BCUT2D eigenvalue weighted by atomic mass is 10.1. The van der Waals surface area contributed by atoms with E-state index < -0.39 is 0 Å². The van der Waals surface area contributed by atoms with Gasteiger partial charge in [0.05, 0.1) is 17.2 Å². The average Bonchev–Trinajstić information content (AvgIpc) is 2.71. The lowest BCUT2D eigenvalue weighted by Gasteiger charge is -2.00. The fourth-order valence-electron chi connectivity index (χ4n) is 1.87. The number of hydrogen-bond acceptors (Lipinski definition) is 2. The van der Waals surface area contributed by atoms with Gasteiger partial charge in [0, 0.05) is 16.2 Å². The quantitative estimate of drug-likeness (QED) is 0.742. The molecule has 0 unspecified atom stereocenters. The molecule has 0 saturated heterocycles. The second-order valence-electron chi connectivity index (χ2n) is 4.00. The SMILES string of the molecule is Cc1cc(Br)cc(-c2nc3ccncc3[nH]2)c1. The fraction of sp³-hybridized carbons (Fsp3) is 0.0769. The molecule has 0 bridgehead atoms. The van der Waals surface area contributed by atoms with Crippen LogP contribution in [-0.4, -0.2) is 15.0 Å². The molecule has 1 N–H and O–H groups in total. The van der Waals surface area contributed by atoms with Crippen LogP contribution in [0.2, 0.25) is 0 Å². The first kappa shape index (κ1) is 10.5. The number of halogens is 1. The number of H-pyrrole nitrogens is 1. The molecule has 0 amide bonds. The summed E-state index contributed by atoms with van der Waals surface area (Å²) >= 11 is 3.50. The Morgan fingerprint density at radius 2 is 2.12 bits per heavy atom. The van der Waals surface area contributed by atoms with E-state index in [4.69, 9.17) is 0 Å². The van der Waals surface area contributed by atoms with Crippen LogP contribution in [0, 0.1) is 6.92 Å². The van der Waals surface area contributed by atoms with Crippen LogP contribution >= 0.6 is 15.9 Å². The van der Waals surface area contributed by atoms with Crippen molar-refractivity contribution in [3.63, 3.8) is 0 Å². The van der Waals surface area contributed by atoms with Crippen LogP contribution in [-0.2, 0) is 0 Å². The maximum atomic E-state index is 4.55. The number of nitrogens with zero attached hydrogens (tertiary/aromatic N) is 2. The van der Waals surface area contributed by atoms with Gasteiger partial charge in [0.25, 0.3) is 0 Å². The van der Waals surface area contributed by atoms with Gasteiger partial charge in [0.2, 0.25) is 0 Å². The molecule has 0 saturated carbocycles. The van der Waals surface area contributed by atoms with E-state index in [-0.39, 0.29) is 0 Å². The van der Waals surface area contributed by atoms with Crippen molar-refractivity contribution in [2.45, 2.75) is 6.92 Å². The third-order valence-electron chi connectivity index (χ3n) is 2.60. The Morgan fingerprint density at radius 3 is 2.88 bits per heavy atom. The molecule has 3 aromatic rings. The first-order valence-electron chi connectivity index (χ1n) is 5.30. The van der Waals surface area contributed by atoms with E-state index in [1.807, 2.05) is 6.07 Å². The van der Waals surface area contributed by atoms with E-state index in [2.05, 4.69) is 56.0 Å². The fourth-order valence-corrected chi connectivity index (χ4v) is 2.47. The summed E-state index contributed by atoms with van der Waals surface area (Å²) in [5.74, 6) is 0.873. The Morgan fingerprint density at radius 1 is 1.24 bits per heavy atom. The van der Waals surface area contributed by atoms with E-state index in [0.29, 0.717) is 0 Å². The number of rotatable bonds is 1. The Bertz CT molecular complexity index is 635. The number of imidazole rings is 1. The predicted octanol–water partition coefficient (Wildman–Crippen LogP) is 3.70. The third-order valence-corrected chi connectivity index (χ3v) is 3.06. The molecular weight excluding hydrogens is 278 g/mol. The summed E-state index contributed by atoms with van der Waals surface area (Å²) in [6.45, 7) is 2.07. The summed E-state index contributed by atoms with van der Waals surface area (Å²) in [5.41, 5.74) is 4.17. The summed E-state index contributed by atoms with van der Waals surface area (Å²) in [7, 11) is 0. The minimum Gasteiger partial charge on any atom is -0.337 e. The number of pyridine rings is 1. The Kier molecular flexibility index (Phi) is 2.44. The minimum atomic E-state index is 0.873. The zero-order chi connectivity index (χ0) is 11.8. The van der Waals surface area contributed by atoms with Crippen LogP contribution in [0.4, 0.5) is 0 Å². The third kappa shape index (κ3) is 1.96. The first-order chi connectivity index (χ1) is 8.22. The molecule has 0 atom stereocenters. The number of hydrogen-bond donors (Lipinski definition) is 1. The monoisotopic (exact) mass is 287 g/mol. The van der Waals surface area contributed by atoms with Crippen molar-refractivity contribution >= 4 is 27.0 Å². The highest BCUT2D eigenvalue weighted by molar-refractivity contribution is 9.10. The molecule has 0 spiro atoms. The highest BCUT2D eigenvalue weighted by atomic mass is 79.9. The number of aryl methyl sites for hydroxylation is 1. The smallest absolute Gasteiger partial charge is 0.138 e. The standard InChI is InChI=1S/C13H10BrN3/c1-8-4-9(6-10(14)5-8)13-16-11-2-3-15-7-12(11)17-13/h2-7H,1H3,(H,16,17). The van der Waals surface area contributed by atoms with Crippen LogP contribution in [0.5, 0.6) is 0 Å². The van der Waals surface area contributed by atoms with Gasteiger partial charge in [-0.3, -0.25) is 4.98 Å². The topological polar surface area (TPSA) is 41.6 Å². The molecule has 17 heavy (non-hydrogen) atoms. The summed E-state index contributed by atoms with van der Waals surface area (Å²) in [6, 6.07) is 8.14. The van der Waals surface area contributed by atoms with Crippen molar-refractivity contribution in [1.29, 1.82) is 0 Å². The number of benzene rings is 1. The molecular formula is C13H10BrN3. The van der Waals surface area contributed by atoms with Crippen LogP contribution in [0.15, 0.2) is 41.1 Å². The lowest BCUT2D eigenvalue weighted by Crippen LogP contribution is -1.82. The highest BCUT2D eigenvalue weighted by Crippen LogP contribution is 2.24. The van der Waals surface area contributed by atoms with Gasteiger partial charge in [-0.15, -0.1) is 0 Å². The second kappa shape index (κ2) is 3.96. The van der Waals surface area contributed by atoms with Crippen LogP contribution in [0.1, 0.15) is 5.56 Å². The van der Waals surface area contributed by atoms with E-state index in [9.17, 15) is 0 Å². The van der Waals surface area contributed by atoms with Crippen molar-refractivity contribution in [2.75, 3.05) is 0 Å². The van der Waals surface area contributed by atoms with E-state index in [1.54, 1.807) is 12.4 Å². The first-order valence-corrected chi connectivity index (χ1v) is 6.09. The van der Waals surface area contributed by atoms with Gasteiger partial charge in [-0.1, -0.05) is 15.9 Å². The molecule has 0 aliphatic heterocycles. The molecule has 4 heteroatoms. The van der Waals surface area contributed by atoms with E-state index in [0.717, 1.165) is 26.9 Å². The molecule has 1 aromatic carbocycles. The molecule has 0 aliphatic carbocycles. The minimum absolute atomic E-state index is 0.873. The Hall–Kier alpha value is -1.68. The lowest BCUT2D eigenvalue weighted by molar-refractivity contribution is 1.31. The molecule has 84 valence electrons. The van der Waals surface area contributed by atoms with Gasteiger partial charge in [0.1, 0.15) is 5.82 Å². The normalized spacial score (nSPS) is 10.9. The second-order valence-corrected chi connectivity index (χ2v) is 4.91. The maximum Gasteiger partial charge on any atom is 0.138 e. The zero-order valence-corrected chi connectivity index (χ0v) is 10.8. The Balaban J connectivity index is 2.20. The molecule has 0 radical (unpaired) electrons. The molecule has 0 fully saturated rings. The van der Waals surface area contributed by atoms with Gasteiger partial charge < -0.3 is 4.98 Å². The molecule has 3 nitrogen and oxygen atoms in total. The number of aromatic nitrogens is 3. The maximum absolute atomic E-state index is 4.55. The van der Waals surface area contributed by atoms with Crippen molar-refractivity contribution in [2.24, 2.45) is 0 Å². The number of nitrogens with one attached hydrogen (secondary N) is 1. The van der Waals surface area contributed by atoms with Crippen molar-refractivity contribution < 1.29 is 0 Å². The summed E-state index contributed by atoms with van der Waals surface area (Å²) in [4.78, 5) is 11.9. The van der Waals surface area contributed by atoms with Gasteiger partial charge in [-0.25, -0.2) is 4.98 Å². The van der Waals surface area contributed by atoms with Crippen molar-refractivity contribution in [3.05, 3.63) is 46.7 Å².